The molecule has 0 bridgehead atoms. The molecule has 2 aliphatic heterocycles. The van der Waals surface area contributed by atoms with Crippen LogP contribution in [0, 0.1) is 0 Å². The number of morpholine rings is 1. The van der Waals surface area contributed by atoms with E-state index in [0.29, 0.717) is 54.8 Å². The summed E-state index contributed by atoms with van der Waals surface area (Å²) in [6.07, 6.45) is 0. The van der Waals surface area contributed by atoms with Gasteiger partial charge in [-0.3, -0.25) is 9.59 Å². The lowest BCUT2D eigenvalue weighted by Crippen LogP contribution is -2.40. The highest BCUT2D eigenvalue weighted by molar-refractivity contribution is 7.11. The minimum atomic E-state index is -0.332. The first-order chi connectivity index (χ1) is 13.7. The quantitative estimate of drug-likeness (QED) is 0.718. The van der Waals surface area contributed by atoms with Gasteiger partial charge in [-0.2, -0.15) is 0 Å². The number of hydrogen-bond acceptors (Lipinski definition) is 7. The Hall–Kier alpha value is -2.84. The third-order valence-corrected chi connectivity index (χ3v) is 5.67. The van der Waals surface area contributed by atoms with Crippen molar-refractivity contribution in [2.75, 3.05) is 45.4 Å². The van der Waals surface area contributed by atoms with Crippen molar-refractivity contribution in [3.63, 3.8) is 0 Å². The van der Waals surface area contributed by atoms with Crippen LogP contribution in [0.1, 0.15) is 4.88 Å². The van der Waals surface area contributed by atoms with Gasteiger partial charge >= 0.3 is 0 Å². The highest BCUT2D eigenvalue weighted by atomic mass is 32.1. The fraction of sp³-hybridized carbons (Fsp3) is 0.300. The van der Waals surface area contributed by atoms with Gasteiger partial charge in [-0.1, -0.05) is 6.07 Å². The molecule has 1 aromatic heterocycles. The van der Waals surface area contributed by atoms with Crippen molar-refractivity contribution in [1.29, 1.82) is 0 Å². The van der Waals surface area contributed by atoms with E-state index >= 15 is 0 Å². The van der Waals surface area contributed by atoms with Crippen molar-refractivity contribution in [3.8, 4) is 11.5 Å². The molecule has 2 aliphatic rings. The third-order valence-electron chi connectivity index (χ3n) is 4.78. The van der Waals surface area contributed by atoms with Gasteiger partial charge < -0.3 is 19.1 Å². The Morgan fingerprint density at radius 3 is 2.39 bits per heavy atom. The van der Waals surface area contributed by atoms with Crippen LogP contribution in [-0.4, -0.2) is 57.2 Å². The van der Waals surface area contributed by atoms with Gasteiger partial charge in [0.25, 0.3) is 11.8 Å². The average Bonchev–Trinajstić information content (AvgIpc) is 3.34. The third kappa shape index (κ3) is 3.04. The molecular formula is C20H20N2O5S. The molecule has 0 saturated carbocycles. The van der Waals surface area contributed by atoms with Crippen molar-refractivity contribution in [2.24, 2.45) is 0 Å². The molecule has 0 atom stereocenters. The maximum Gasteiger partial charge on any atom is 0.282 e. The van der Waals surface area contributed by atoms with Crippen LogP contribution in [0.4, 0.5) is 5.69 Å². The van der Waals surface area contributed by atoms with Crippen molar-refractivity contribution in [2.45, 2.75) is 0 Å². The second-order valence-corrected chi connectivity index (χ2v) is 7.23. The molecule has 8 heteroatoms. The molecule has 146 valence electrons. The number of nitrogens with zero attached hydrogens (tertiary/aromatic N) is 2. The van der Waals surface area contributed by atoms with Gasteiger partial charge in [0, 0.05) is 24.0 Å². The molecule has 1 saturated heterocycles. The number of amides is 2. The molecular weight excluding hydrogens is 380 g/mol. The van der Waals surface area contributed by atoms with Crippen molar-refractivity contribution >= 4 is 34.4 Å². The first-order valence-electron chi connectivity index (χ1n) is 8.87. The number of carbonyl (C=O) groups excluding carboxylic acids is 2. The molecule has 0 N–H and O–H groups in total. The first-order valence-corrected chi connectivity index (χ1v) is 9.75. The zero-order valence-corrected chi connectivity index (χ0v) is 16.5. The Morgan fingerprint density at radius 2 is 1.75 bits per heavy atom. The topological polar surface area (TPSA) is 68.3 Å². The minimum Gasteiger partial charge on any atom is -0.493 e. The van der Waals surface area contributed by atoms with E-state index in [9.17, 15) is 9.59 Å². The van der Waals surface area contributed by atoms with Crippen LogP contribution in [0.25, 0.3) is 5.57 Å². The zero-order chi connectivity index (χ0) is 19.7. The molecule has 0 aliphatic carbocycles. The Morgan fingerprint density at radius 1 is 1.00 bits per heavy atom. The SMILES string of the molecule is COc1ccc(N2C(=O)C(c3cccs3)=C(N3CCOCC3)C2=O)cc1OC. The summed E-state index contributed by atoms with van der Waals surface area (Å²) in [5.74, 6) is 0.326. The normalized spacial score (nSPS) is 17.5. The fourth-order valence-corrected chi connectivity index (χ4v) is 4.20. The molecule has 2 aromatic rings. The van der Waals surface area contributed by atoms with Gasteiger partial charge in [0.15, 0.2) is 11.5 Å². The summed E-state index contributed by atoms with van der Waals surface area (Å²) in [5.41, 5.74) is 1.33. The summed E-state index contributed by atoms with van der Waals surface area (Å²) in [4.78, 5) is 30.7. The minimum absolute atomic E-state index is 0.331. The van der Waals surface area contributed by atoms with Gasteiger partial charge in [0.1, 0.15) is 5.70 Å². The van der Waals surface area contributed by atoms with E-state index in [1.54, 1.807) is 18.2 Å². The van der Waals surface area contributed by atoms with E-state index in [2.05, 4.69) is 0 Å². The van der Waals surface area contributed by atoms with E-state index < -0.39 is 0 Å². The average molecular weight is 400 g/mol. The van der Waals surface area contributed by atoms with Crippen LogP contribution in [-0.2, 0) is 14.3 Å². The maximum atomic E-state index is 13.4. The number of anilines is 1. The summed E-state index contributed by atoms with van der Waals surface area (Å²) in [6, 6.07) is 8.76. The largest absolute Gasteiger partial charge is 0.493 e. The van der Waals surface area contributed by atoms with E-state index in [0.717, 1.165) is 4.88 Å². The van der Waals surface area contributed by atoms with Crippen molar-refractivity contribution in [1.82, 2.24) is 4.90 Å². The van der Waals surface area contributed by atoms with Crippen LogP contribution in [0.15, 0.2) is 41.4 Å². The van der Waals surface area contributed by atoms with Crippen LogP contribution in [0.5, 0.6) is 11.5 Å². The number of rotatable bonds is 5. The number of imide groups is 1. The predicted molar refractivity (Wildman–Crippen MR) is 106 cm³/mol. The van der Waals surface area contributed by atoms with Crippen molar-refractivity contribution < 1.29 is 23.8 Å². The van der Waals surface area contributed by atoms with Gasteiger partial charge in [-0.25, -0.2) is 4.90 Å². The Balaban J connectivity index is 1.78. The van der Waals surface area contributed by atoms with Crippen LogP contribution >= 0.6 is 11.3 Å². The van der Waals surface area contributed by atoms with Crippen LogP contribution in [0.2, 0.25) is 0 Å². The molecule has 1 fully saturated rings. The summed E-state index contributed by atoms with van der Waals surface area (Å²) in [6.45, 7) is 2.20. The summed E-state index contributed by atoms with van der Waals surface area (Å²) >= 11 is 1.44. The van der Waals surface area contributed by atoms with Gasteiger partial charge in [0.2, 0.25) is 0 Å². The molecule has 4 rings (SSSR count). The number of carbonyl (C=O) groups is 2. The van der Waals surface area contributed by atoms with Crippen molar-refractivity contribution in [3.05, 3.63) is 46.3 Å². The highest BCUT2D eigenvalue weighted by Crippen LogP contribution is 2.39. The highest BCUT2D eigenvalue weighted by Gasteiger charge is 2.43. The molecule has 28 heavy (non-hydrogen) atoms. The molecule has 1 aromatic carbocycles. The Labute approximate surface area is 166 Å². The van der Waals surface area contributed by atoms with Gasteiger partial charge in [0.05, 0.1) is 38.7 Å². The Kier molecular flexibility index (Phi) is 5.06. The molecule has 0 unspecified atom stereocenters. The fourth-order valence-electron chi connectivity index (χ4n) is 3.44. The zero-order valence-electron chi connectivity index (χ0n) is 15.6. The standard InChI is InChI=1S/C20H20N2O5S/c1-25-14-6-5-13(12-15(14)26-2)22-19(23)17(16-4-3-11-28-16)18(20(22)24)21-7-9-27-10-8-21/h3-6,11-12H,7-10H2,1-2H3. The lowest BCUT2D eigenvalue weighted by atomic mass is 10.1. The second-order valence-electron chi connectivity index (χ2n) is 6.29. The van der Waals surface area contributed by atoms with E-state index in [4.69, 9.17) is 14.2 Å². The number of ether oxygens (including phenoxy) is 3. The first kappa shape index (κ1) is 18.5. The Bertz CT molecular complexity index is 932. The molecule has 0 spiro atoms. The molecule has 7 nitrogen and oxygen atoms in total. The maximum absolute atomic E-state index is 13.4. The smallest absolute Gasteiger partial charge is 0.282 e. The number of hydrogen-bond donors (Lipinski definition) is 0. The number of benzene rings is 1. The van der Waals surface area contributed by atoms with E-state index in [1.165, 1.54) is 30.5 Å². The lowest BCUT2D eigenvalue weighted by Gasteiger charge is -2.29. The van der Waals surface area contributed by atoms with Gasteiger partial charge in [-0.05, 0) is 23.6 Å². The summed E-state index contributed by atoms with van der Waals surface area (Å²) in [7, 11) is 3.06. The predicted octanol–water partition coefficient (Wildman–Crippen LogP) is 2.38. The lowest BCUT2D eigenvalue weighted by molar-refractivity contribution is -0.121. The van der Waals surface area contributed by atoms with E-state index in [-0.39, 0.29) is 11.8 Å². The number of methoxy groups -OCH3 is 2. The molecule has 0 radical (unpaired) electrons. The van der Waals surface area contributed by atoms with Crippen LogP contribution < -0.4 is 14.4 Å². The van der Waals surface area contributed by atoms with Crippen LogP contribution in [0.3, 0.4) is 0 Å². The molecule has 2 amide bonds. The molecule has 3 heterocycles. The summed E-state index contributed by atoms with van der Waals surface area (Å²) in [5, 5.41) is 1.90. The number of thiophene rings is 1. The van der Waals surface area contributed by atoms with E-state index in [1.807, 2.05) is 22.4 Å². The summed E-state index contributed by atoms with van der Waals surface area (Å²) < 4.78 is 16.0. The second kappa shape index (κ2) is 7.65. The monoisotopic (exact) mass is 400 g/mol. The van der Waals surface area contributed by atoms with Gasteiger partial charge in [-0.15, -0.1) is 11.3 Å².